The third kappa shape index (κ3) is 1.48. The van der Waals surface area contributed by atoms with E-state index in [4.69, 9.17) is 0 Å². The molecule has 1 aliphatic heterocycles. The lowest BCUT2D eigenvalue weighted by Gasteiger charge is -2.09. The number of hydrogen-bond donors (Lipinski definition) is 0. The third-order valence-electron chi connectivity index (χ3n) is 2.64. The number of rotatable bonds is 2. The van der Waals surface area contributed by atoms with Gasteiger partial charge in [-0.25, -0.2) is 0 Å². The average molecular weight is 192 g/mol. The highest BCUT2D eigenvalue weighted by Gasteiger charge is 2.19. The number of nitrogens with zero attached hydrogens (tertiary/aromatic N) is 2. The van der Waals surface area contributed by atoms with Gasteiger partial charge in [-0.3, -0.25) is 15.0 Å². The Kier molecular flexibility index (Phi) is 2.21. The molecule has 0 aliphatic carbocycles. The molecular weight excluding hydrogens is 180 g/mol. The van der Waals surface area contributed by atoms with Crippen LogP contribution in [0.1, 0.15) is 18.1 Å². The van der Waals surface area contributed by atoms with Crippen LogP contribution in [0.4, 0.5) is 5.69 Å². The van der Waals surface area contributed by atoms with Crippen molar-refractivity contribution in [3.63, 3.8) is 0 Å². The molecule has 2 rings (SSSR count). The van der Waals surface area contributed by atoms with Crippen LogP contribution in [0.3, 0.4) is 0 Å². The summed E-state index contributed by atoms with van der Waals surface area (Å²) in [7, 11) is 0. The fourth-order valence-corrected chi connectivity index (χ4v) is 1.79. The Labute approximate surface area is 82.3 Å². The summed E-state index contributed by atoms with van der Waals surface area (Å²) in [6.07, 6.45) is 0. The molecule has 0 fully saturated rings. The normalized spacial score (nSPS) is 15.5. The van der Waals surface area contributed by atoms with Gasteiger partial charge in [-0.1, -0.05) is 13.0 Å². The summed E-state index contributed by atoms with van der Waals surface area (Å²) in [5.41, 5.74) is 2.51. The van der Waals surface area contributed by atoms with Crippen LogP contribution in [0.15, 0.2) is 18.2 Å². The molecule has 0 amide bonds. The van der Waals surface area contributed by atoms with Crippen molar-refractivity contribution in [1.29, 1.82) is 0 Å². The maximum absolute atomic E-state index is 10.5. The molecule has 1 aliphatic rings. The van der Waals surface area contributed by atoms with E-state index in [9.17, 15) is 10.1 Å². The molecule has 0 atom stereocenters. The van der Waals surface area contributed by atoms with E-state index in [2.05, 4.69) is 11.8 Å². The monoisotopic (exact) mass is 192 g/mol. The number of hydrogen-bond acceptors (Lipinski definition) is 3. The molecule has 0 bridgehead atoms. The summed E-state index contributed by atoms with van der Waals surface area (Å²) in [5.74, 6) is 0. The number of nitro benzene ring substituents is 1. The molecule has 0 unspecified atom stereocenters. The molecule has 1 aromatic rings. The average Bonchev–Trinajstić information content (AvgIpc) is 2.58. The predicted molar refractivity (Wildman–Crippen MR) is 52.9 cm³/mol. The molecular formula is C10H12N2O2. The maximum atomic E-state index is 10.5. The first kappa shape index (κ1) is 9.15. The minimum absolute atomic E-state index is 0.196. The van der Waals surface area contributed by atoms with Gasteiger partial charge in [0.1, 0.15) is 0 Å². The Balaban J connectivity index is 2.31. The highest BCUT2D eigenvalue weighted by Crippen LogP contribution is 2.26. The second-order valence-electron chi connectivity index (χ2n) is 3.51. The molecule has 1 heterocycles. The van der Waals surface area contributed by atoms with Gasteiger partial charge >= 0.3 is 0 Å². The van der Waals surface area contributed by atoms with Crippen LogP contribution in [0.25, 0.3) is 0 Å². The van der Waals surface area contributed by atoms with Crippen molar-refractivity contribution in [2.75, 3.05) is 6.54 Å². The minimum atomic E-state index is -0.338. The second-order valence-corrected chi connectivity index (χ2v) is 3.51. The van der Waals surface area contributed by atoms with Crippen LogP contribution < -0.4 is 0 Å². The third-order valence-corrected chi connectivity index (χ3v) is 2.64. The summed E-state index contributed by atoms with van der Waals surface area (Å²) < 4.78 is 0. The first-order chi connectivity index (χ1) is 6.70. The summed E-state index contributed by atoms with van der Waals surface area (Å²) in [4.78, 5) is 12.5. The van der Waals surface area contributed by atoms with Gasteiger partial charge in [-0.15, -0.1) is 0 Å². The van der Waals surface area contributed by atoms with Crippen LogP contribution in [-0.4, -0.2) is 16.4 Å². The van der Waals surface area contributed by atoms with Crippen LogP contribution >= 0.6 is 0 Å². The van der Waals surface area contributed by atoms with E-state index in [0.717, 1.165) is 25.2 Å². The van der Waals surface area contributed by atoms with Gasteiger partial charge in [0, 0.05) is 25.2 Å². The number of benzene rings is 1. The summed E-state index contributed by atoms with van der Waals surface area (Å²) >= 11 is 0. The second kappa shape index (κ2) is 3.38. The van der Waals surface area contributed by atoms with Crippen molar-refractivity contribution in [3.8, 4) is 0 Å². The van der Waals surface area contributed by atoms with Gasteiger partial charge in [0.05, 0.1) is 4.92 Å². The number of fused-ring (bicyclic) bond motifs is 1. The van der Waals surface area contributed by atoms with E-state index in [0.29, 0.717) is 0 Å². The molecule has 0 saturated heterocycles. The zero-order valence-electron chi connectivity index (χ0n) is 8.06. The molecule has 4 heteroatoms. The van der Waals surface area contributed by atoms with Crippen molar-refractivity contribution >= 4 is 5.69 Å². The largest absolute Gasteiger partial charge is 0.295 e. The lowest BCUT2D eigenvalue weighted by molar-refractivity contribution is -0.384. The molecule has 0 aromatic heterocycles. The van der Waals surface area contributed by atoms with E-state index >= 15 is 0 Å². The lowest BCUT2D eigenvalue weighted by atomic mass is 10.1. The standard InChI is InChI=1S/C10H12N2O2/c1-2-11-6-8-3-4-10(12(13)14)5-9(8)7-11/h3-5H,2,6-7H2,1H3. The molecule has 0 radical (unpaired) electrons. The quantitative estimate of drug-likeness (QED) is 0.531. The Bertz CT molecular complexity index is 376. The predicted octanol–water partition coefficient (Wildman–Crippen LogP) is 1.93. The SMILES string of the molecule is CCN1Cc2ccc([N+](=O)[O-])cc2C1. The zero-order chi connectivity index (χ0) is 10.1. The van der Waals surface area contributed by atoms with Crippen molar-refractivity contribution < 1.29 is 4.92 Å². The number of nitro groups is 1. The first-order valence-electron chi connectivity index (χ1n) is 4.69. The molecule has 1 aromatic carbocycles. The van der Waals surface area contributed by atoms with Crippen molar-refractivity contribution in [1.82, 2.24) is 4.90 Å². The Morgan fingerprint density at radius 3 is 2.79 bits per heavy atom. The van der Waals surface area contributed by atoms with Crippen molar-refractivity contribution in [2.24, 2.45) is 0 Å². The summed E-state index contributed by atoms with van der Waals surface area (Å²) in [6.45, 7) is 4.85. The highest BCUT2D eigenvalue weighted by molar-refractivity contribution is 5.41. The van der Waals surface area contributed by atoms with E-state index in [1.165, 1.54) is 5.56 Å². The zero-order valence-corrected chi connectivity index (χ0v) is 8.06. The highest BCUT2D eigenvalue weighted by atomic mass is 16.6. The summed E-state index contributed by atoms with van der Waals surface area (Å²) in [5, 5.41) is 10.5. The fourth-order valence-electron chi connectivity index (χ4n) is 1.79. The van der Waals surface area contributed by atoms with Gasteiger partial charge < -0.3 is 0 Å². The van der Waals surface area contributed by atoms with Crippen molar-refractivity contribution in [2.45, 2.75) is 20.0 Å². The summed E-state index contributed by atoms with van der Waals surface area (Å²) in [6, 6.07) is 5.13. The lowest BCUT2D eigenvalue weighted by Crippen LogP contribution is -2.14. The Hall–Kier alpha value is -1.42. The Morgan fingerprint density at radius 1 is 1.43 bits per heavy atom. The van der Waals surface area contributed by atoms with Crippen LogP contribution in [0.2, 0.25) is 0 Å². The minimum Gasteiger partial charge on any atom is -0.295 e. The maximum Gasteiger partial charge on any atom is 0.269 e. The number of non-ortho nitro benzene ring substituents is 1. The van der Waals surface area contributed by atoms with Gasteiger partial charge in [0.2, 0.25) is 0 Å². The smallest absolute Gasteiger partial charge is 0.269 e. The van der Waals surface area contributed by atoms with E-state index < -0.39 is 0 Å². The van der Waals surface area contributed by atoms with Gasteiger partial charge in [0.15, 0.2) is 0 Å². The van der Waals surface area contributed by atoms with Gasteiger partial charge in [-0.05, 0) is 17.7 Å². The topological polar surface area (TPSA) is 46.4 Å². The van der Waals surface area contributed by atoms with E-state index in [-0.39, 0.29) is 10.6 Å². The van der Waals surface area contributed by atoms with Crippen LogP contribution in [-0.2, 0) is 13.1 Å². The molecule has 4 nitrogen and oxygen atoms in total. The molecule has 14 heavy (non-hydrogen) atoms. The first-order valence-corrected chi connectivity index (χ1v) is 4.69. The van der Waals surface area contributed by atoms with E-state index in [1.54, 1.807) is 12.1 Å². The van der Waals surface area contributed by atoms with Crippen LogP contribution in [0.5, 0.6) is 0 Å². The van der Waals surface area contributed by atoms with Gasteiger partial charge in [-0.2, -0.15) is 0 Å². The molecule has 0 saturated carbocycles. The van der Waals surface area contributed by atoms with E-state index in [1.807, 2.05) is 6.07 Å². The van der Waals surface area contributed by atoms with Gasteiger partial charge in [0.25, 0.3) is 5.69 Å². The molecule has 0 N–H and O–H groups in total. The van der Waals surface area contributed by atoms with Crippen molar-refractivity contribution in [3.05, 3.63) is 39.4 Å². The Morgan fingerprint density at radius 2 is 2.14 bits per heavy atom. The molecule has 74 valence electrons. The van der Waals surface area contributed by atoms with Crippen LogP contribution in [0, 0.1) is 10.1 Å². The fraction of sp³-hybridized carbons (Fsp3) is 0.400. The molecule has 0 spiro atoms.